The van der Waals surface area contributed by atoms with Crippen molar-refractivity contribution < 1.29 is 28.6 Å². The number of ether oxygens (including phenoxy) is 3. The van der Waals surface area contributed by atoms with Crippen molar-refractivity contribution in [3.8, 4) is 11.5 Å². The van der Waals surface area contributed by atoms with E-state index in [1.807, 2.05) is 25.1 Å². The van der Waals surface area contributed by atoms with Gasteiger partial charge in [0.2, 0.25) is 5.91 Å². The van der Waals surface area contributed by atoms with Gasteiger partial charge in [-0.3, -0.25) is 9.59 Å². The molecule has 160 valence electrons. The standard InChI is InChI=1S/C22H26N2O6/c1-5-15-9-6-7-10-16(15)23-19(25)13-24(2)20(26)14-30-22(27)21-17(28-3)11-8-12-18(21)29-4/h6-12H,5,13-14H2,1-4H3,(H,23,25). The molecule has 2 amide bonds. The van der Waals surface area contributed by atoms with E-state index in [9.17, 15) is 14.4 Å². The maximum absolute atomic E-state index is 12.4. The molecule has 0 radical (unpaired) electrons. The molecular formula is C22H26N2O6. The number of hydrogen-bond acceptors (Lipinski definition) is 6. The number of esters is 1. The monoisotopic (exact) mass is 414 g/mol. The Morgan fingerprint density at radius 2 is 1.60 bits per heavy atom. The predicted octanol–water partition coefficient (Wildman–Crippen LogP) is 2.52. The number of carbonyl (C=O) groups is 3. The van der Waals surface area contributed by atoms with Gasteiger partial charge in [-0.1, -0.05) is 31.2 Å². The lowest BCUT2D eigenvalue weighted by Gasteiger charge is -2.18. The number of benzene rings is 2. The van der Waals surface area contributed by atoms with Gasteiger partial charge in [-0.05, 0) is 30.2 Å². The first kappa shape index (κ1) is 22.7. The summed E-state index contributed by atoms with van der Waals surface area (Å²) >= 11 is 0. The van der Waals surface area contributed by atoms with E-state index < -0.39 is 18.5 Å². The lowest BCUT2D eigenvalue weighted by Crippen LogP contribution is -2.37. The SMILES string of the molecule is CCc1ccccc1NC(=O)CN(C)C(=O)COC(=O)c1c(OC)cccc1OC. The van der Waals surface area contributed by atoms with Crippen molar-refractivity contribution in [2.45, 2.75) is 13.3 Å². The van der Waals surface area contributed by atoms with E-state index in [0.29, 0.717) is 5.69 Å². The predicted molar refractivity (Wildman–Crippen MR) is 112 cm³/mol. The molecule has 0 atom stereocenters. The summed E-state index contributed by atoms with van der Waals surface area (Å²) in [6.45, 7) is 1.30. The van der Waals surface area contributed by atoms with Gasteiger partial charge in [0.15, 0.2) is 6.61 Å². The smallest absolute Gasteiger partial charge is 0.346 e. The Hall–Kier alpha value is -3.55. The molecule has 0 aliphatic carbocycles. The minimum Gasteiger partial charge on any atom is -0.496 e. The number of aryl methyl sites for hydroxylation is 1. The Morgan fingerprint density at radius 3 is 2.20 bits per heavy atom. The first-order valence-electron chi connectivity index (χ1n) is 9.41. The summed E-state index contributed by atoms with van der Waals surface area (Å²) in [5, 5.41) is 2.79. The van der Waals surface area contributed by atoms with E-state index in [0.717, 1.165) is 12.0 Å². The van der Waals surface area contributed by atoms with Crippen molar-refractivity contribution in [3.63, 3.8) is 0 Å². The van der Waals surface area contributed by atoms with E-state index >= 15 is 0 Å². The zero-order valence-electron chi connectivity index (χ0n) is 17.6. The molecule has 2 aromatic carbocycles. The molecule has 0 aliphatic heterocycles. The highest BCUT2D eigenvalue weighted by Gasteiger charge is 2.22. The number of nitrogens with zero attached hydrogens (tertiary/aromatic N) is 1. The average Bonchev–Trinajstić information content (AvgIpc) is 2.76. The molecule has 0 saturated carbocycles. The molecule has 0 aromatic heterocycles. The van der Waals surface area contributed by atoms with Crippen LogP contribution in [0.4, 0.5) is 5.69 Å². The number of carbonyl (C=O) groups excluding carboxylic acids is 3. The molecule has 0 aliphatic rings. The zero-order chi connectivity index (χ0) is 22.1. The molecule has 0 fully saturated rings. The summed E-state index contributed by atoms with van der Waals surface area (Å²) in [7, 11) is 4.30. The van der Waals surface area contributed by atoms with Crippen molar-refractivity contribution in [1.29, 1.82) is 0 Å². The number of anilines is 1. The summed E-state index contributed by atoms with van der Waals surface area (Å²) < 4.78 is 15.4. The Morgan fingerprint density at radius 1 is 0.967 bits per heavy atom. The minimum absolute atomic E-state index is 0.0897. The van der Waals surface area contributed by atoms with Crippen LogP contribution in [0.25, 0.3) is 0 Å². The highest BCUT2D eigenvalue weighted by Crippen LogP contribution is 2.28. The van der Waals surface area contributed by atoms with Crippen molar-refractivity contribution in [1.82, 2.24) is 4.90 Å². The van der Waals surface area contributed by atoms with Crippen LogP contribution in [0.3, 0.4) is 0 Å². The molecule has 2 rings (SSSR count). The molecule has 8 heteroatoms. The van der Waals surface area contributed by atoms with Crippen molar-refractivity contribution in [3.05, 3.63) is 53.6 Å². The van der Waals surface area contributed by atoms with Crippen LogP contribution in [0.2, 0.25) is 0 Å². The number of hydrogen-bond donors (Lipinski definition) is 1. The van der Waals surface area contributed by atoms with E-state index in [1.165, 1.54) is 26.2 Å². The quantitative estimate of drug-likeness (QED) is 0.634. The van der Waals surface area contributed by atoms with Crippen LogP contribution >= 0.6 is 0 Å². The highest BCUT2D eigenvalue weighted by molar-refractivity contribution is 5.98. The summed E-state index contributed by atoms with van der Waals surface area (Å²) in [6, 6.07) is 12.3. The van der Waals surface area contributed by atoms with Gasteiger partial charge in [0.05, 0.1) is 20.8 Å². The van der Waals surface area contributed by atoms with Crippen LogP contribution in [-0.2, 0) is 20.7 Å². The summed E-state index contributed by atoms with van der Waals surface area (Å²) in [6.07, 6.45) is 0.771. The summed E-state index contributed by atoms with van der Waals surface area (Å²) in [5.41, 5.74) is 1.80. The Labute approximate surface area is 175 Å². The second-order valence-electron chi connectivity index (χ2n) is 6.42. The molecule has 0 unspecified atom stereocenters. The van der Waals surface area contributed by atoms with E-state index in [1.54, 1.807) is 24.3 Å². The number of para-hydroxylation sites is 1. The number of amides is 2. The van der Waals surface area contributed by atoms with Gasteiger partial charge in [-0.15, -0.1) is 0 Å². The molecule has 0 saturated heterocycles. The maximum Gasteiger partial charge on any atom is 0.346 e. The molecule has 0 bridgehead atoms. The van der Waals surface area contributed by atoms with E-state index in [-0.39, 0.29) is 29.5 Å². The normalized spacial score (nSPS) is 10.1. The van der Waals surface area contributed by atoms with Crippen LogP contribution in [0.5, 0.6) is 11.5 Å². The molecule has 30 heavy (non-hydrogen) atoms. The third-order valence-corrected chi connectivity index (χ3v) is 4.44. The first-order valence-corrected chi connectivity index (χ1v) is 9.41. The number of methoxy groups -OCH3 is 2. The fourth-order valence-electron chi connectivity index (χ4n) is 2.81. The van der Waals surface area contributed by atoms with Crippen LogP contribution in [-0.4, -0.2) is 57.1 Å². The summed E-state index contributed by atoms with van der Waals surface area (Å²) in [5.74, 6) is -1.07. The first-order chi connectivity index (χ1) is 14.4. The van der Waals surface area contributed by atoms with Crippen LogP contribution < -0.4 is 14.8 Å². The van der Waals surface area contributed by atoms with Crippen molar-refractivity contribution in [2.75, 3.05) is 39.7 Å². The largest absolute Gasteiger partial charge is 0.496 e. The Balaban J connectivity index is 1.93. The number of rotatable bonds is 9. The molecule has 2 aromatic rings. The molecular weight excluding hydrogens is 388 g/mol. The van der Waals surface area contributed by atoms with Crippen LogP contribution in [0, 0.1) is 0 Å². The van der Waals surface area contributed by atoms with Gasteiger partial charge < -0.3 is 24.4 Å². The Kier molecular flexibility index (Phi) is 8.22. The second kappa shape index (κ2) is 10.8. The van der Waals surface area contributed by atoms with Gasteiger partial charge in [-0.2, -0.15) is 0 Å². The third-order valence-electron chi connectivity index (χ3n) is 4.44. The lowest BCUT2D eigenvalue weighted by atomic mass is 10.1. The van der Waals surface area contributed by atoms with Crippen molar-refractivity contribution >= 4 is 23.5 Å². The van der Waals surface area contributed by atoms with Crippen LogP contribution in [0.15, 0.2) is 42.5 Å². The minimum atomic E-state index is -0.757. The van der Waals surface area contributed by atoms with Gasteiger partial charge >= 0.3 is 5.97 Å². The fraction of sp³-hybridized carbons (Fsp3) is 0.318. The topological polar surface area (TPSA) is 94.2 Å². The number of likely N-dealkylation sites (N-methyl/N-ethyl adjacent to an activating group) is 1. The third kappa shape index (κ3) is 5.73. The van der Waals surface area contributed by atoms with Gasteiger partial charge in [-0.25, -0.2) is 4.79 Å². The van der Waals surface area contributed by atoms with Gasteiger partial charge in [0, 0.05) is 12.7 Å². The van der Waals surface area contributed by atoms with Gasteiger partial charge in [0.1, 0.15) is 17.1 Å². The number of nitrogens with one attached hydrogen (secondary N) is 1. The highest BCUT2D eigenvalue weighted by atomic mass is 16.5. The maximum atomic E-state index is 12.4. The lowest BCUT2D eigenvalue weighted by molar-refractivity contribution is -0.136. The average molecular weight is 414 g/mol. The van der Waals surface area contributed by atoms with Crippen LogP contribution in [0.1, 0.15) is 22.8 Å². The fourth-order valence-corrected chi connectivity index (χ4v) is 2.81. The molecule has 0 spiro atoms. The second-order valence-corrected chi connectivity index (χ2v) is 6.42. The molecule has 8 nitrogen and oxygen atoms in total. The van der Waals surface area contributed by atoms with Gasteiger partial charge in [0.25, 0.3) is 5.91 Å². The molecule has 0 heterocycles. The Bertz CT molecular complexity index is 890. The van der Waals surface area contributed by atoms with Crippen molar-refractivity contribution in [2.24, 2.45) is 0 Å². The van der Waals surface area contributed by atoms with E-state index in [4.69, 9.17) is 14.2 Å². The summed E-state index contributed by atoms with van der Waals surface area (Å²) in [4.78, 5) is 38.2. The van der Waals surface area contributed by atoms with E-state index in [2.05, 4.69) is 5.32 Å². The molecule has 1 N–H and O–H groups in total. The zero-order valence-corrected chi connectivity index (χ0v) is 17.6.